The van der Waals surface area contributed by atoms with E-state index in [9.17, 15) is 10.2 Å². The lowest BCUT2D eigenvalue weighted by Gasteiger charge is -2.15. The third-order valence-electron chi connectivity index (χ3n) is 4.33. The second kappa shape index (κ2) is 16.3. The number of aliphatic hydroxyl groups excluding tert-OH is 2. The van der Waals surface area contributed by atoms with Crippen LogP contribution in [0.4, 0.5) is 0 Å². The van der Waals surface area contributed by atoms with Gasteiger partial charge in [-0.1, -0.05) is 90.9 Å². The van der Waals surface area contributed by atoms with E-state index < -0.39 is 0 Å². The molecule has 0 saturated heterocycles. The monoisotopic (exact) mass is 300 g/mol. The molecule has 0 heterocycles. The van der Waals surface area contributed by atoms with Gasteiger partial charge in [0, 0.05) is 0 Å². The van der Waals surface area contributed by atoms with Crippen LogP contribution in [-0.4, -0.2) is 22.4 Å². The van der Waals surface area contributed by atoms with E-state index in [0.717, 1.165) is 25.7 Å². The summed E-state index contributed by atoms with van der Waals surface area (Å²) in [5.41, 5.74) is 0. The molecule has 0 rings (SSSR count). The molecular weight excluding hydrogens is 260 g/mol. The molecule has 128 valence electrons. The summed E-state index contributed by atoms with van der Waals surface area (Å²) < 4.78 is 0. The number of aliphatic hydroxyl groups is 2. The summed E-state index contributed by atoms with van der Waals surface area (Å²) in [5, 5.41) is 19.8. The maximum absolute atomic E-state index is 9.93. The molecule has 0 aliphatic rings. The van der Waals surface area contributed by atoms with Crippen LogP contribution in [0.3, 0.4) is 0 Å². The molecule has 0 bridgehead atoms. The number of hydrogen-bond donors (Lipinski definition) is 2. The fourth-order valence-corrected chi connectivity index (χ4v) is 2.87. The average molecular weight is 301 g/mol. The molecule has 0 aromatic carbocycles. The van der Waals surface area contributed by atoms with E-state index in [1.54, 1.807) is 0 Å². The minimum absolute atomic E-state index is 0.300. The lowest BCUT2D eigenvalue weighted by atomic mass is 10.00. The zero-order valence-electron chi connectivity index (χ0n) is 14.7. The molecule has 0 fully saturated rings. The summed E-state index contributed by atoms with van der Waals surface area (Å²) in [6.45, 7) is 4.45. The Morgan fingerprint density at radius 2 is 0.857 bits per heavy atom. The second-order valence-corrected chi connectivity index (χ2v) is 6.66. The summed E-state index contributed by atoms with van der Waals surface area (Å²) in [6.07, 6.45) is 16.9. The topological polar surface area (TPSA) is 40.5 Å². The highest BCUT2D eigenvalue weighted by Gasteiger charge is 2.11. The maximum Gasteiger partial charge on any atom is 0.0564 e. The normalized spacial score (nSPS) is 14.3. The summed E-state index contributed by atoms with van der Waals surface area (Å²) in [7, 11) is 0. The maximum atomic E-state index is 9.93. The Labute approximate surface area is 133 Å². The first-order valence-electron chi connectivity index (χ1n) is 9.56. The van der Waals surface area contributed by atoms with Gasteiger partial charge in [0.2, 0.25) is 0 Å². The fourth-order valence-electron chi connectivity index (χ4n) is 2.87. The molecule has 2 atom stereocenters. The van der Waals surface area contributed by atoms with Gasteiger partial charge in [0.15, 0.2) is 0 Å². The SMILES string of the molecule is CCCCCCCCCCC(O)CC(O)CCCCCC. The fraction of sp³-hybridized carbons (Fsp3) is 1.00. The Balaban J connectivity index is 3.30. The predicted molar refractivity (Wildman–Crippen MR) is 92.6 cm³/mol. The number of unbranched alkanes of at least 4 members (excludes halogenated alkanes) is 10. The minimum Gasteiger partial charge on any atom is -0.393 e. The van der Waals surface area contributed by atoms with Crippen LogP contribution < -0.4 is 0 Å². The first-order chi connectivity index (χ1) is 10.2. The first-order valence-corrected chi connectivity index (χ1v) is 9.56. The molecule has 0 aromatic heterocycles. The quantitative estimate of drug-likeness (QED) is 0.364. The van der Waals surface area contributed by atoms with E-state index in [-0.39, 0.29) is 12.2 Å². The van der Waals surface area contributed by atoms with Gasteiger partial charge in [-0.05, 0) is 19.3 Å². The van der Waals surface area contributed by atoms with E-state index in [4.69, 9.17) is 0 Å². The van der Waals surface area contributed by atoms with Crippen molar-refractivity contribution in [3.8, 4) is 0 Å². The highest BCUT2D eigenvalue weighted by molar-refractivity contribution is 4.64. The zero-order chi connectivity index (χ0) is 15.8. The Hall–Kier alpha value is -0.0800. The minimum atomic E-state index is -0.300. The van der Waals surface area contributed by atoms with Crippen molar-refractivity contribution >= 4 is 0 Å². The summed E-state index contributed by atoms with van der Waals surface area (Å²) >= 11 is 0. The number of hydrogen-bond acceptors (Lipinski definition) is 2. The molecule has 0 amide bonds. The van der Waals surface area contributed by atoms with Crippen molar-refractivity contribution in [3.05, 3.63) is 0 Å². The molecule has 2 heteroatoms. The molecule has 0 spiro atoms. The number of rotatable bonds is 16. The Kier molecular flexibility index (Phi) is 16.2. The van der Waals surface area contributed by atoms with Crippen LogP contribution in [0, 0.1) is 0 Å². The van der Waals surface area contributed by atoms with Gasteiger partial charge in [0.05, 0.1) is 12.2 Å². The van der Waals surface area contributed by atoms with E-state index >= 15 is 0 Å². The summed E-state index contributed by atoms with van der Waals surface area (Å²) in [6, 6.07) is 0. The van der Waals surface area contributed by atoms with Gasteiger partial charge in [0.1, 0.15) is 0 Å². The molecule has 0 aromatic rings. The van der Waals surface area contributed by atoms with Gasteiger partial charge < -0.3 is 10.2 Å². The van der Waals surface area contributed by atoms with Crippen molar-refractivity contribution in [1.82, 2.24) is 0 Å². The highest BCUT2D eigenvalue weighted by atomic mass is 16.3. The van der Waals surface area contributed by atoms with Crippen molar-refractivity contribution in [2.45, 2.75) is 122 Å². The van der Waals surface area contributed by atoms with E-state index in [2.05, 4.69) is 13.8 Å². The molecule has 0 saturated carbocycles. The van der Waals surface area contributed by atoms with Crippen LogP contribution in [0.2, 0.25) is 0 Å². The molecule has 2 N–H and O–H groups in total. The smallest absolute Gasteiger partial charge is 0.0564 e. The van der Waals surface area contributed by atoms with Crippen molar-refractivity contribution in [2.24, 2.45) is 0 Å². The predicted octanol–water partition coefficient (Wildman–Crippen LogP) is 5.60. The molecular formula is C19H40O2. The highest BCUT2D eigenvalue weighted by Crippen LogP contribution is 2.15. The largest absolute Gasteiger partial charge is 0.393 e. The third kappa shape index (κ3) is 16.1. The van der Waals surface area contributed by atoms with Gasteiger partial charge in [-0.25, -0.2) is 0 Å². The van der Waals surface area contributed by atoms with Crippen LogP contribution in [-0.2, 0) is 0 Å². The molecule has 21 heavy (non-hydrogen) atoms. The molecule has 0 radical (unpaired) electrons. The third-order valence-corrected chi connectivity index (χ3v) is 4.33. The van der Waals surface area contributed by atoms with Crippen molar-refractivity contribution in [1.29, 1.82) is 0 Å². The molecule has 2 nitrogen and oxygen atoms in total. The molecule has 0 aliphatic carbocycles. The van der Waals surface area contributed by atoms with Crippen LogP contribution in [0.5, 0.6) is 0 Å². The Morgan fingerprint density at radius 3 is 1.29 bits per heavy atom. The van der Waals surface area contributed by atoms with Gasteiger partial charge in [-0.15, -0.1) is 0 Å². The first kappa shape index (κ1) is 20.9. The summed E-state index contributed by atoms with van der Waals surface area (Å²) in [5.74, 6) is 0. The van der Waals surface area contributed by atoms with Crippen LogP contribution in [0.15, 0.2) is 0 Å². The molecule has 2 unspecified atom stereocenters. The zero-order valence-corrected chi connectivity index (χ0v) is 14.7. The van der Waals surface area contributed by atoms with E-state index in [1.807, 2.05) is 0 Å². The lowest BCUT2D eigenvalue weighted by Crippen LogP contribution is -2.17. The van der Waals surface area contributed by atoms with Gasteiger partial charge in [-0.3, -0.25) is 0 Å². The van der Waals surface area contributed by atoms with Gasteiger partial charge in [-0.2, -0.15) is 0 Å². The van der Waals surface area contributed by atoms with Crippen molar-refractivity contribution < 1.29 is 10.2 Å². The second-order valence-electron chi connectivity index (χ2n) is 6.66. The van der Waals surface area contributed by atoms with E-state index in [1.165, 1.54) is 64.2 Å². The average Bonchev–Trinajstić information content (AvgIpc) is 2.46. The Bertz CT molecular complexity index is 194. The van der Waals surface area contributed by atoms with Gasteiger partial charge in [0.25, 0.3) is 0 Å². The Morgan fingerprint density at radius 1 is 0.524 bits per heavy atom. The van der Waals surface area contributed by atoms with Crippen LogP contribution in [0.25, 0.3) is 0 Å². The van der Waals surface area contributed by atoms with Crippen molar-refractivity contribution in [2.75, 3.05) is 0 Å². The molecule has 0 aliphatic heterocycles. The van der Waals surface area contributed by atoms with Crippen molar-refractivity contribution in [3.63, 3.8) is 0 Å². The summed E-state index contributed by atoms with van der Waals surface area (Å²) in [4.78, 5) is 0. The van der Waals surface area contributed by atoms with E-state index in [0.29, 0.717) is 6.42 Å². The van der Waals surface area contributed by atoms with Gasteiger partial charge >= 0.3 is 0 Å². The van der Waals surface area contributed by atoms with Crippen LogP contribution in [0.1, 0.15) is 110 Å². The lowest BCUT2D eigenvalue weighted by molar-refractivity contribution is 0.0680. The standard InChI is InChI=1S/C19H40O2/c1-3-5-7-9-10-11-12-14-16-19(21)17-18(20)15-13-8-6-4-2/h18-21H,3-17H2,1-2H3. The van der Waals surface area contributed by atoms with Crippen LogP contribution >= 0.6 is 0 Å².